The average Bonchev–Trinajstić information content (AvgIpc) is 2.86. The van der Waals surface area contributed by atoms with Gasteiger partial charge in [-0.15, -0.1) is 0 Å². The van der Waals surface area contributed by atoms with E-state index in [1.165, 1.54) is 44.9 Å². The van der Waals surface area contributed by atoms with E-state index in [0.29, 0.717) is 23.7 Å². The number of hydrogen-bond donors (Lipinski definition) is 1. The minimum absolute atomic E-state index is 0.190. The number of fused-ring (bicyclic) bond motifs is 5. The molecule has 2 nitrogen and oxygen atoms in total. The molecule has 2 heteroatoms. The van der Waals surface area contributed by atoms with E-state index in [-0.39, 0.29) is 11.2 Å². The first-order valence-electron chi connectivity index (χ1n) is 9.19. The van der Waals surface area contributed by atoms with E-state index in [9.17, 15) is 9.90 Å². The molecule has 0 radical (unpaired) electrons. The zero-order chi connectivity index (χ0) is 14.8. The fraction of sp³-hybridized carbons (Fsp3) is 0.947. The molecule has 0 aromatic heterocycles. The Labute approximate surface area is 128 Å². The van der Waals surface area contributed by atoms with Gasteiger partial charge >= 0.3 is 0 Å². The van der Waals surface area contributed by atoms with E-state index >= 15 is 0 Å². The molecule has 0 aromatic rings. The highest BCUT2D eigenvalue weighted by molar-refractivity contribution is 5.90. The van der Waals surface area contributed by atoms with Crippen LogP contribution in [0.15, 0.2) is 0 Å². The van der Waals surface area contributed by atoms with Crippen molar-refractivity contribution < 1.29 is 9.90 Å². The van der Waals surface area contributed by atoms with Crippen LogP contribution in [0.4, 0.5) is 0 Å². The van der Waals surface area contributed by atoms with Gasteiger partial charge in [-0.05, 0) is 80.5 Å². The largest absolute Gasteiger partial charge is 0.385 e. The number of carbonyl (C=O) groups is 1. The van der Waals surface area contributed by atoms with Gasteiger partial charge in [-0.25, -0.2) is 0 Å². The molecule has 0 heterocycles. The molecule has 4 aliphatic carbocycles. The Balaban J connectivity index is 1.69. The van der Waals surface area contributed by atoms with Gasteiger partial charge in [0.25, 0.3) is 0 Å². The van der Waals surface area contributed by atoms with Gasteiger partial charge in [0, 0.05) is 5.41 Å². The van der Waals surface area contributed by atoms with Crippen molar-refractivity contribution in [3.63, 3.8) is 0 Å². The van der Waals surface area contributed by atoms with Crippen LogP contribution in [0.3, 0.4) is 0 Å². The van der Waals surface area contributed by atoms with E-state index in [2.05, 4.69) is 13.8 Å². The normalized spacial score (nSPS) is 56.5. The number of aliphatic hydroxyl groups is 1. The minimum Gasteiger partial charge on any atom is -0.385 e. The lowest BCUT2D eigenvalue weighted by molar-refractivity contribution is -0.165. The fourth-order valence-corrected chi connectivity index (χ4v) is 7.10. The van der Waals surface area contributed by atoms with Gasteiger partial charge in [0.1, 0.15) is 6.10 Å². The molecule has 0 aliphatic heterocycles. The molecule has 4 saturated carbocycles. The van der Waals surface area contributed by atoms with Crippen molar-refractivity contribution in [2.45, 2.75) is 77.7 Å². The molecular formula is C19H30O2. The average molecular weight is 290 g/mol. The van der Waals surface area contributed by atoms with Crippen LogP contribution in [-0.4, -0.2) is 17.0 Å². The molecule has 7 atom stereocenters. The summed E-state index contributed by atoms with van der Waals surface area (Å²) in [5.74, 6) is 2.88. The summed E-state index contributed by atoms with van der Waals surface area (Å²) in [6, 6.07) is 0. The molecular weight excluding hydrogens is 260 g/mol. The lowest BCUT2D eigenvalue weighted by atomic mass is 9.45. The van der Waals surface area contributed by atoms with E-state index in [4.69, 9.17) is 0 Å². The molecule has 4 rings (SSSR count). The molecule has 0 saturated heterocycles. The molecule has 21 heavy (non-hydrogen) atoms. The summed E-state index contributed by atoms with van der Waals surface area (Å²) >= 11 is 0. The van der Waals surface area contributed by atoms with Crippen LogP contribution in [0.2, 0.25) is 0 Å². The molecule has 0 bridgehead atoms. The summed E-state index contributed by atoms with van der Waals surface area (Å²) in [6.07, 6.45) is 10.4. The van der Waals surface area contributed by atoms with Gasteiger partial charge < -0.3 is 5.11 Å². The first-order valence-corrected chi connectivity index (χ1v) is 9.19. The Morgan fingerprint density at radius 1 is 0.952 bits per heavy atom. The van der Waals surface area contributed by atoms with Crippen LogP contribution < -0.4 is 0 Å². The van der Waals surface area contributed by atoms with Crippen LogP contribution in [0, 0.1) is 34.5 Å². The summed E-state index contributed by atoms with van der Waals surface area (Å²) in [6.45, 7) is 4.73. The summed E-state index contributed by atoms with van der Waals surface area (Å²) in [5.41, 5.74) is 0.338. The summed E-state index contributed by atoms with van der Waals surface area (Å²) in [7, 11) is 0. The van der Waals surface area contributed by atoms with Crippen LogP contribution in [-0.2, 0) is 4.79 Å². The number of carbonyl (C=O) groups excluding carboxylic acids is 1. The number of hydrogen-bond acceptors (Lipinski definition) is 2. The van der Waals surface area contributed by atoms with E-state index in [0.717, 1.165) is 18.3 Å². The molecule has 0 aromatic carbocycles. The first-order chi connectivity index (χ1) is 9.97. The van der Waals surface area contributed by atoms with Crippen molar-refractivity contribution in [3.8, 4) is 0 Å². The van der Waals surface area contributed by atoms with Crippen molar-refractivity contribution in [1.29, 1.82) is 0 Å². The monoisotopic (exact) mass is 290 g/mol. The molecule has 118 valence electrons. The molecule has 0 spiro atoms. The minimum atomic E-state index is -0.679. The summed E-state index contributed by atoms with van der Waals surface area (Å²) < 4.78 is 0. The van der Waals surface area contributed by atoms with Gasteiger partial charge in [-0.1, -0.05) is 20.3 Å². The van der Waals surface area contributed by atoms with Gasteiger partial charge in [-0.2, -0.15) is 0 Å². The second-order valence-corrected chi connectivity index (χ2v) is 8.98. The third-order valence-corrected chi connectivity index (χ3v) is 8.31. The number of Topliss-reactive ketones (excluding diaryl/α,β-unsaturated/α-hetero) is 1. The summed E-state index contributed by atoms with van der Waals surface area (Å²) in [5, 5.41) is 10.2. The van der Waals surface area contributed by atoms with Crippen LogP contribution in [0.25, 0.3) is 0 Å². The highest BCUT2D eigenvalue weighted by Crippen LogP contribution is 2.65. The first kappa shape index (κ1) is 14.2. The second kappa shape index (κ2) is 4.57. The van der Waals surface area contributed by atoms with Crippen molar-refractivity contribution in [3.05, 3.63) is 0 Å². The van der Waals surface area contributed by atoms with Gasteiger partial charge in [0.2, 0.25) is 0 Å². The SMILES string of the molecule is CC12CCCC1C1CCC3CCC(O)C(=O)C3(C)C1CC2. The van der Waals surface area contributed by atoms with Crippen LogP contribution in [0.5, 0.6) is 0 Å². The Bertz CT molecular complexity index is 458. The molecule has 7 unspecified atom stereocenters. The van der Waals surface area contributed by atoms with E-state index in [1.54, 1.807) is 0 Å². The number of ketones is 1. The van der Waals surface area contributed by atoms with Crippen molar-refractivity contribution in [2.75, 3.05) is 0 Å². The predicted octanol–water partition coefficient (Wildman–Crippen LogP) is 3.96. The van der Waals surface area contributed by atoms with Crippen LogP contribution in [0.1, 0.15) is 71.6 Å². The Morgan fingerprint density at radius 2 is 1.71 bits per heavy atom. The van der Waals surface area contributed by atoms with Gasteiger partial charge in [0.15, 0.2) is 5.78 Å². The van der Waals surface area contributed by atoms with Gasteiger partial charge in [-0.3, -0.25) is 4.79 Å². The standard InChI is InChI=1S/C19H30O2/c1-18-10-3-4-14(18)13-7-5-12-6-8-16(20)17(21)19(12,2)15(13)9-11-18/h12-16,20H,3-11H2,1-2H3. The maximum atomic E-state index is 12.9. The second-order valence-electron chi connectivity index (χ2n) is 8.98. The highest BCUT2D eigenvalue weighted by atomic mass is 16.3. The van der Waals surface area contributed by atoms with Crippen molar-refractivity contribution in [1.82, 2.24) is 0 Å². The van der Waals surface area contributed by atoms with Crippen molar-refractivity contribution >= 4 is 5.78 Å². The number of aliphatic hydroxyl groups excluding tert-OH is 1. The molecule has 4 fully saturated rings. The Hall–Kier alpha value is -0.370. The maximum Gasteiger partial charge on any atom is 0.167 e. The number of rotatable bonds is 0. The molecule has 4 aliphatic rings. The lowest BCUT2D eigenvalue weighted by Gasteiger charge is -2.59. The third kappa shape index (κ3) is 1.77. The third-order valence-electron chi connectivity index (χ3n) is 8.31. The highest BCUT2D eigenvalue weighted by Gasteiger charge is 2.61. The van der Waals surface area contributed by atoms with Gasteiger partial charge in [0.05, 0.1) is 0 Å². The Morgan fingerprint density at radius 3 is 2.52 bits per heavy atom. The Kier molecular flexibility index (Phi) is 3.10. The zero-order valence-corrected chi connectivity index (χ0v) is 13.6. The van der Waals surface area contributed by atoms with Crippen molar-refractivity contribution in [2.24, 2.45) is 34.5 Å². The summed E-state index contributed by atoms with van der Waals surface area (Å²) in [4.78, 5) is 12.9. The molecule has 1 N–H and O–H groups in total. The smallest absolute Gasteiger partial charge is 0.167 e. The van der Waals surface area contributed by atoms with E-state index in [1.807, 2.05) is 0 Å². The fourth-order valence-electron chi connectivity index (χ4n) is 7.10. The molecule has 0 amide bonds. The topological polar surface area (TPSA) is 37.3 Å². The maximum absolute atomic E-state index is 12.9. The quantitative estimate of drug-likeness (QED) is 0.733. The van der Waals surface area contributed by atoms with E-state index < -0.39 is 6.10 Å². The lowest BCUT2D eigenvalue weighted by Crippen LogP contribution is -2.58. The van der Waals surface area contributed by atoms with Crippen LogP contribution >= 0.6 is 0 Å². The zero-order valence-electron chi connectivity index (χ0n) is 13.6. The predicted molar refractivity (Wildman–Crippen MR) is 82.7 cm³/mol.